The highest BCUT2D eigenvalue weighted by molar-refractivity contribution is 6.01. The van der Waals surface area contributed by atoms with Crippen molar-refractivity contribution in [2.24, 2.45) is 5.73 Å². The van der Waals surface area contributed by atoms with Crippen molar-refractivity contribution in [3.63, 3.8) is 0 Å². The normalized spacial score (nSPS) is 14.5. The molecule has 0 radical (unpaired) electrons. The molecule has 192 valence electrons. The minimum Gasteiger partial charge on any atom is -0.369 e. The predicted molar refractivity (Wildman–Crippen MR) is 140 cm³/mol. The van der Waals surface area contributed by atoms with Crippen LogP contribution in [0.4, 0.5) is 0 Å². The molecule has 1 aromatic carbocycles. The number of ether oxygens (including phenoxy) is 2. The van der Waals surface area contributed by atoms with Gasteiger partial charge in [0, 0.05) is 56.0 Å². The zero-order chi connectivity index (χ0) is 25.5. The summed E-state index contributed by atoms with van der Waals surface area (Å²) >= 11 is 0. The zero-order valence-corrected chi connectivity index (χ0v) is 21.6. The minimum atomic E-state index is -0.00186. The maximum atomic E-state index is 12.7. The molecule has 35 heavy (non-hydrogen) atoms. The van der Waals surface area contributed by atoms with E-state index in [4.69, 9.17) is 15.2 Å². The molecule has 1 heterocycles. The largest absolute Gasteiger partial charge is 0.369 e. The van der Waals surface area contributed by atoms with Gasteiger partial charge in [0.2, 0.25) is 5.91 Å². The van der Waals surface area contributed by atoms with Crippen LogP contribution in [0.2, 0.25) is 0 Å². The van der Waals surface area contributed by atoms with E-state index in [1.54, 1.807) is 0 Å². The van der Waals surface area contributed by atoms with E-state index in [9.17, 15) is 9.59 Å². The molecule has 0 bridgehead atoms. The van der Waals surface area contributed by atoms with E-state index in [1.165, 1.54) is 0 Å². The summed E-state index contributed by atoms with van der Waals surface area (Å²) in [6.45, 7) is 10.7. The summed E-state index contributed by atoms with van der Waals surface area (Å²) in [5.74, 6) is 6.39. The van der Waals surface area contributed by atoms with Gasteiger partial charge in [-0.2, -0.15) is 0 Å². The first-order chi connectivity index (χ1) is 17.0. The van der Waals surface area contributed by atoms with Gasteiger partial charge >= 0.3 is 0 Å². The molecule has 0 aromatic heterocycles. The Kier molecular flexibility index (Phi) is 13.3. The summed E-state index contributed by atoms with van der Waals surface area (Å²) < 4.78 is 11.0. The molecule has 1 fully saturated rings. The topological polar surface area (TPSA) is 85.1 Å². The van der Waals surface area contributed by atoms with Crippen molar-refractivity contribution in [2.75, 3.05) is 59.3 Å². The highest BCUT2D eigenvalue weighted by Crippen LogP contribution is 2.25. The number of rotatable bonds is 13. The molecule has 0 atom stereocenters. The number of piperazine rings is 1. The van der Waals surface area contributed by atoms with Gasteiger partial charge in [-0.15, -0.1) is 0 Å². The van der Waals surface area contributed by atoms with Crippen molar-refractivity contribution in [1.29, 1.82) is 0 Å². The van der Waals surface area contributed by atoms with Crippen LogP contribution in [0.15, 0.2) is 24.3 Å². The number of nitrogens with zero attached hydrogens (tertiary/aromatic N) is 2. The summed E-state index contributed by atoms with van der Waals surface area (Å²) in [6.07, 6.45) is 5.54. The van der Waals surface area contributed by atoms with E-state index in [2.05, 4.69) is 29.7 Å². The van der Waals surface area contributed by atoms with E-state index < -0.39 is 0 Å². The van der Waals surface area contributed by atoms with Gasteiger partial charge in [-0.05, 0) is 31.4 Å². The lowest BCUT2D eigenvalue weighted by Gasteiger charge is -2.33. The van der Waals surface area contributed by atoms with Crippen molar-refractivity contribution in [3.8, 4) is 11.8 Å². The van der Waals surface area contributed by atoms with E-state index in [1.807, 2.05) is 36.9 Å². The van der Waals surface area contributed by atoms with Gasteiger partial charge in [0.15, 0.2) is 5.78 Å². The molecule has 1 aromatic rings. The van der Waals surface area contributed by atoms with Crippen LogP contribution in [-0.2, 0) is 14.3 Å². The Morgan fingerprint density at radius 1 is 1.09 bits per heavy atom. The van der Waals surface area contributed by atoms with Crippen molar-refractivity contribution >= 4 is 17.3 Å². The standard InChI is InChI=1S/C28H41N3O4/c1-4-6-10-23(3)28-24(11-7-13-25(28)26(32)9-5-2)12-8-18-34-19-20-35-21-27(33)31-16-14-30(22-29)15-17-31/h7,10-11,13H,4-6,9,14-22,29H2,1-3H3/b23-10+. The Morgan fingerprint density at radius 3 is 2.51 bits per heavy atom. The lowest BCUT2D eigenvalue weighted by atomic mass is 9.91. The molecule has 0 aliphatic carbocycles. The third kappa shape index (κ3) is 9.58. The third-order valence-electron chi connectivity index (χ3n) is 5.95. The smallest absolute Gasteiger partial charge is 0.248 e. The van der Waals surface area contributed by atoms with Gasteiger partial charge in [-0.1, -0.05) is 50.3 Å². The molecular weight excluding hydrogens is 442 g/mol. The Bertz CT molecular complexity index is 909. The van der Waals surface area contributed by atoms with Crippen LogP contribution in [0.1, 0.15) is 67.9 Å². The average molecular weight is 484 g/mol. The predicted octanol–water partition coefficient (Wildman–Crippen LogP) is 3.32. The fourth-order valence-corrected chi connectivity index (χ4v) is 3.94. The van der Waals surface area contributed by atoms with Crippen LogP contribution in [0.3, 0.4) is 0 Å². The fraction of sp³-hybridized carbons (Fsp3) is 0.571. The van der Waals surface area contributed by atoms with E-state index in [-0.39, 0.29) is 24.9 Å². The summed E-state index contributed by atoms with van der Waals surface area (Å²) in [5.41, 5.74) is 9.23. The Morgan fingerprint density at radius 2 is 1.83 bits per heavy atom. The van der Waals surface area contributed by atoms with Crippen molar-refractivity contribution in [3.05, 3.63) is 41.0 Å². The molecule has 1 aliphatic rings. The number of carbonyl (C=O) groups excluding carboxylic acids is 2. The second kappa shape index (κ2) is 16.2. The quantitative estimate of drug-likeness (QED) is 0.263. The number of Topliss-reactive ketones (excluding diaryl/α,β-unsaturated/α-hetero) is 1. The molecule has 2 N–H and O–H groups in total. The molecule has 7 heteroatoms. The molecule has 0 saturated carbocycles. The number of amides is 1. The van der Waals surface area contributed by atoms with Crippen LogP contribution in [-0.4, -0.2) is 80.8 Å². The third-order valence-corrected chi connectivity index (χ3v) is 5.95. The van der Waals surface area contributed by atoms with Gasteiger partial charge < -0.3 is 20.1 Å². The van der Waals surface area contributed by atoms with Crippen LogP contribution in [0.25, 0.3) is 5.57 Å². The minimum absolute atomic E-state index is 0.00186. The van der Waals surface area contributed by atoms with Crippen LogP contribution < -0.4 is 5.73 Å². The van der Waals surface area contributed by atoms with Crippen molar-refractivity contribution < 1.29 is 19.1 Å². The Balaban J connectivity index is 1.84. The number of carbonyl (C=O) groups is 2. The average Bonchev–Trinajstić information content (AvgIpc) is 2.88. The monoisotopic (exact) mass is 483 g/mol. The Labute approximate surface area is 210 Å². The van der Waals surface area contributed by atoms with Gasteiger partial charge in [0.1, 0.15) is 13.2 Å². The van der Waals surface area contributed by atoms with E-state index >= 15 is 0 Å². The highest BCUT2D eigenvalue weighted by atomic mass is 16.5. The maximum Gasteiger partial charge on any atom is 0.248 e. The van der Waals surface area contributed by atoms with Gasteiger partial charge in [0.25, 0.3) is 0 Å². The van der Waals surface area contributed by atoms with Crippen LogP contribution >= 0.6 is 0 Å². The summed E-state index contributed by atoms with van der Waals surface area (Å²) in [5, 5.41) is 0. The van der Waals surface area contributed by atoms with Crippen molar-refractivity contribution in [1.82, 2.24) is 9.80 Å². The first-order valence-electron chi connectivity index (χ1n) is 12.7. The number of benzene rings is 1. The van der Waals surface area contributed by atoms with Gasteiger partial charge in [-0.3, -0.25) is 14.5 Å². The Hall–Kier alpha value is -2.50. The highest BCUT2D eigenvalue weighted by Gasteiger charge is 2.20. The molecule has 0 spiro atoms. The van der Waals surface area contributed by atoms with Crippen LogP contribution in [0, 0.1) is 11.8 Å². The zero-order valence-electron chi connectivity index (χ0n) is 21.6. The molecule has 7 nitrogen and oxygen atoms in total. The summed E-state index contributed by atoms with van der Waals surface area (Å²) in [6, 6.07) is 5.75. The van der Waals surface area contributed by atoms with E-state index in [0.29, 0.717) is 39.4 Å². The number of allylic oxidation sites excluding steroid dienone is 2. The lowest BCUT2D eigenvalue weighted by molar-refractivity contribution is -0.138. The number of ketones is 1. The van der Waals surface area contributed by atoms with Gasteiger partial charge in [-0.25, -0.2) is 0 Å². The fourth-order valence-electron chi connectivity index (χ4n) is 3.94. The first-order valence-corrected chi connectivity index (χ1v) is 12.7. The summed E-state index contributed by atoms with van der Waals surface area (Å²) in [4.78, 5) is 28.8. The van der Waals surface area contributed by atoms with E-state index in [0.717, 1.165) is 54.6 Å². The number of hydrogen-bond acceptors (Lipinski definition) is 6. The summed E-state index contributed by atoms with van der Waals surface area (Å²) in [7, 11) is 0. The second-order valence-corrected chi connectivity index (χ2v) is 8.67. The molecule has 0 unspecified atom stereocenters. The number of nitrogens with two attached hydrogens (primary N) is 1. The SMILES string of the molecule is CCC/C=C(\C)c1c(C#CCOCCOCC(=O)N2CCN(CN)CC2)cccc1C(=O)CCC. The molecule has 1 saturated heterocycles. The van der Waals surface area contributed by atoms with Crippen LogP contribution in [0.5, 0.6) is 0 Å². The first kappa shape index (κ1) is 28.7. The molecule has 1 aliphatic heterocycles. The van der Waals surface area contributed by atoms with Crippen molar-refractivity contribution in [2.45, 2.75) is 46.5 Å². The molecule has 2 rings (SSSR count). The molecular formula is C28H41N3O4. The maximum absolute atomic E-state index is 12.7. The second-order valence-electron chi connectivity index (χ2n) is 8.67. The lowest BCUT2D eigenvalue weighted by Crippen LogP contribution is -2.51. The van der Waals surface area contributed by atoms with Gasteiger partial charge in [0.05, 0.1) is 13.2 Å². The number of unbranched alkanes of at least 4 members (excludes halogenated alkanes) is 1. The molecule has 1 amide bonds. The number of hydrogen-bond donors (Lipinski definition) is 1.